The maximum Gasteiger partial charge on any atom is 0.336 e. The largest absolute Gasteiger partial charge is 0.478 e. The Morgan fingerprint density at radius 3 is 2.68 bits per heavy atom. The van der Waals surface area contributed by atoms with E-state index in [9.17, 15) is 9.90 Å². The molecule has 100 valence electrons. The average Bonchev–Trinajstić information content (AvgIpc) is 2.37. The van der Waals surface area contributed by atoms with E-state index in [0.29, 0.717) is 23.4 Å². The first-order chi connectivity index (χ1) is 9.02. The number of pyridine rings is 1. The molecule has 4 nitrogen and oxygen atoms in total. The Balaban J connectivity index is 2.68. The van der Waals surface area contributed by atoms with Crippen LogP contribution < -0.4 is 5.32 Å². The van der Waals surface area contributed by atoms with Crippen LogP contribution in [0.3, 0.4) is 0 Å². The Labute approximate surface area is 112 Å². The highest BCUT2D eigenvalue weighted by Gasteiger charge is 2.13. The van der Waals surface area contributed by atoms with Crippen molar-refractivity contribution in [3.8, 4) is 0 Å². The number of carboxylic acid groups (broad SMARTS) is 1. The van der Waals surface area contributed by atoms with Crippen molar-refractivity contribution in [2.24, 2.45) is 0 Å². The first kappa shape index (κ1) is 13.5. The van der Waals surface area contributed by atoms with Crippen LogP contribution in [0.2, 0.25) is 0 Å². The number of carboxylic acids is 1. The van der Waals surface area contributed by atoms with Crippen molar-refractivity contribution >= 4 is 16.9 Å². The second kappa shape index (κ2) is 5.36. The number of nitrogens with zero attached hydrogens (tertiary/aromatic N) is 1. The zero-order valence-electron chi connectivity index (χ0n) is 11.4. The zero-order chi connectivity index (χ0) is 14.0. The van der Waals surface area contributed by atoms with Crippen LogP contribution >= 0.6 is 0 Å². The zero-order valence-corrected chi connectivity index (χ0v) is 11.4. The third-order valence-electron chi connectivity index (χ3n) is 3.14. The van der Waals surface area contributed by atoms with Gasteiger partial charge in [0.15, 0.2) is 0 Å². The van der Waals surface area contributed by atoms with Gasteiger partial charge in [0.05, 0.1) is 16.8 Å². The van der Waals surface area contributed by atoms with Gasteiger partial charge in [-0.15, -0.1) is 0 Å². The summed E-state index contributed by atoms with van der Waals surface area (Å²) in [5, 5.41) is 13.1. The van der Waals surface area contributed by atoms with E-state index in [0.717, 1.165) is 16.8 Å². The van der Waals surface area contributed by atoms with E-state index < -0.39 is 5.97 Å². The summed E-state index contributed by atoms with van der Waals surface area (Å²) in [6.45, 7) is 4.73. The summed E-state index contributed by atoms with van der Waals surface area (Å²) in [5.41, 5.74) is 2.91. The van der Waals surface area contributed by atoms with Crippen molar-refractivity contribution in [3.05, 3.63) is 41.1 Å². The fourth-order valence-corrected chi connectivity index (χ4v) is 2.11. The average molecular weight is 258 g/mol. The molecule has 1 aromatic heterocycles. The molecule has 0 unspecified atom stereocenters. The van der Waals surface area contributed by atoms with Crippen molar-refractivity contribution in [1.82, 2.24) is 10.3 Å². The second-order valence-electron chi connectivity index (χ2n) is 4.93. The highest BCUT2D eigenvalue weighted by molar-refractivity contribution is 6.02. The number of hydrogen-bond donors (Lipinski definition) is 2. The van der Waals surface area contributed by atoms with Gasteiger partial charge in [0.2, 0.25) is 0 Å². The molecule has 0 aliphatic heterocycles. The van der Waals surface area contributed by atoms with Crippen LogP contribution in [0.4, 0.5) is 0 Å². The smallest absolute Gasteiger partial charge is 0.336 e. The summed E-state index contributed by atoms with van der Waals surface area (Å²) in [6, 6.07) is 7.48. The van der Waals surface area contributed by atoms with Crippen LogP contribution in [0.25, 0.3) is 10.9 Å². The number of rotatable bonds is 4. The lowest BCUT2D eigenvalue weighted by molar-refractivity contribution is 0.0699. The maximum absolute atomic E-state index is 11.4. The van der Waals surface area contributed by atoms with Gasteiger partial charge in [0, 0.05) is 11.9 Å². The van der Waals surface area contributed by atoms with Crippen LogP contribution in [0.5, 0.6) is 0 Å². The monoisotopic (exact) mass is 258 g/mol. The highest BCUT2D eigenvalue weighted by atomic mass is 16.4. The Kier molecular flexibility index (Phi) is 3.81. The summed E-state index contributed by atoms with van der Waals surface area (Å²) in [5.74, 6) is -0.548. The van der Waals surface area contributed by atoms with E-state index in [1.807, 2.05) is 25.2 Å². The van der Waals surface area contributed by atoms with Crippen LogP contribution in [0.1, 0.15) is 41.4 Å². The van der Waals surface area contributed by atoms with Gasteiger partial charge in [-0.2, -0.15) is 0 Å². The molecule has 2 rings (SSSR count). The molecule has 2 aromatic rings. The van der Waals surface area contributed by atoms with Crippen LogP contribution in [0.15, 0.2) is 24.3 Å². The molecule has 1 aromatic carbocycles. The number of carbonyl (C=O) groups is 1. The fraction of sp³-hybridized carbons (Fsp3) is 0.333. The topological polar surface area (TPSA) is 62.2 Å². The van der Waals surface area contributed by atoms with Crippen LogP contribution in [0, 0.1) is 0 Å². The van der Waals surface area contributed by atoms with E-state index in [-0.39, 0.29) is 0 Å². The third kappa shape index (κ3) is 2.74. The minimum Gasteiger partial charge on any atom is -0.478 e. The molecule has 0 spiro atoms. The molecular formula is C15H18N2O2. The number of nitrogens with one attached hydrogen (secondary N) is 1. The van der Waals surface area contributed by atoms with Gasteiger partial charge in [0.1, 0.15) is 0 Å². The van der Waals surface area contributed by atoms with Gasteiger partial charge >= 0.3 is 5.97 Å². The number of benzene rings is 1. The van der Waals surface area contributed by atoms with Gasteiger partial charge < -0.3 is 10.4 Å². The fourth-order valence-electron chi connectivity index (χ4n) is 2.11. The summed E-state index contributed by atoms with van der Waals surface area (Å²) >= 11 is 0. The van der Waals surface area contributed by atoms with Crippen molar-refractivity contribution in [2.75, 3.05) is 7.05 Å². The van der Waals surface area contributed by atoms with Crippen molar-refractivity contribution in [3.63, 3.8) is 0 Å². The minimum absolute atomic E-state index is 0.317. The molecule has 0 aliphatic rings. The van der Waals surface area contributed by atoms with Gasteiger partial charge in [-0.1, -0.05) is 19.9 Å². The first-order valence-electron chi connectivity index (χ1n) is 6.34. The molecule has 4 heteroatoms. The normalized spacial score (nSPS) is 11.2. The van der Waals surface area contributed by atoms with Crippen molar-refractivity contribution in [2.45, 2.75) is 26.3 Å². The maximum atomic E-state index is 11.4. The SMILES string of the molecule is CNCc1cc(C(=O)O)c2cc(C(C)C)ccc2n1. The van der Waals surface area contributed by atoms with Gasteiger partial charge in [-0.05, 0) is 36.7 Å². The van der Waals surface area contributed by atoms with Gasteiger partial charge in [0.25, 0.3) is 0 Å². The lowest BCUT2D eigenvalue weighted by Crippen LogP contribution is -2.09. The Bertz CT molecular complexity index is 621. The molecule has 0 amide bonds. The molecule has 0 atom stereocenters. The molecule has 0 radical (unpaired) electrons. The summed E-state index contributed by atoms with van der Waals surface area (Å²) in [6.07, 6.45) is 0. The first-order valence-corrected chi connectivity index (χ1v) is 6.34. The van der Waals surface area contributed by atoms with E-state index in [1.165, 1.54) is 0 Å². The lowest BCUT2D eigenvalue weighted by Gasteiger charge is -2.10. The molecule has 1 heterocycles. The summed E-state index contributed by atoms with van der Waals surface area (Å²) in [7, 11) is 1.81. The molecule has 0 saturated heterocycles. The number of hydrogen-bond acceptors (Lipinski definition) is 3. The molecular weight excluding hydrogens is 240 g/mol. The molecule has 0 aliphatic carbocycles. The standard InChI is InChI=1S/C15H18N2O2/c1-9(2)10-4-5-14-12(6-10)13(15(18)19)7-11(17-14)8-16-3/h4-7,9,16H,8H2,1-3H3,(H,18,19). The predicted octanol–water partition coefficient (Wildman–Crippen LogP) is 2.78. The minimum atomic E-state index is -0.911. The molecule has 2 N–H and O–H groups in total. The molecule has 0 fully saturated rings. The summed E-state index contributed by atoms with van der Waals surface area (Å²) < 4.78 is 0. The Hall–Kier alpha value is -1.94. The lowest BCUT2D eigenvalue weighted by atomic mass is 9.98. The third-order valence-corrected chi connectivity index (χ3v) is 3.14. The van der Waals surface area contributed by atoms with Crippen LogP contribution in [-0.2, 0) is 6.54 Å². The van der Waals surface area contributed by atoms with Gasteiger partial charge in [-0.3, -0.25) is 4.98 Å². The number of fused-ring (bicyclic) bond motifs is 1. The van der Waals surface area contributed by atoms with E-state index in [2.05, 4.69) is 24.1 Å². The second-order valence-corrected chi connectivity index (χ2v) is 4.93. The quantitative estimate of drug-likeness (QED) is 0.885. The molecule has 0 bridgehead atoms. The predicted molar refractivity (Wildman–Crippen MR) is 75.6 cm³/mol. The number of aromatic nitrogens is 1. The highest BCUT2D eigenvalue weighted by Crippen LogP contribution is 2.24. The molecule has 0 saturated carbocycles. The van der Waals surface area contributed by atoms with Crippen molar-refractivity contribution in [1.29, 1.82) is 0 Å². The van der Waals surface area contributed by atoms with Crippen molar-refractivity contribution < 1.29 is 9.90 Å². The van der Waals surface area contributed by atoms with E-state index in [4.69, 9.17) is 0 Å². The van der Waals surface area contributed by atoms with E-state index in [1.54, 1.807) is 6.07 Å². The number of aromatic carboxylic acids is 1. The van der Waals surface area contributed by atoms with E-state index >= 15 is 0 Å². The summed E-state index contributed by atoms with van der Waals surface area (Å²) in [4.78, 5) is 15.9. The Morgan fingerprint density at radius 1 is 1.37 bits per heavy atom. The Morgan fingerprint density at radius 2 is 2.11 bits per heavy atom. The molecule has 19 heavy (non-hydrogen) atoms. The van der Waals surface area contributed by atoms with Gasteiger partial charge in [-0.25, -0.2) is 4.79 Å². The van der Waals surface area contributed by atoms with Crippen LogP contribution in [-0.4, -0.2) is 23.1 Å².